The Morgan fingerprint density at radius 2 is 2.10 bits per heavy atom. The van der Waals surface area contributed by atoms with E-state index in [9.17, 15) is 4.79 Å². The first-order valence-corrected chi connectivity index (χ1v) is 8.12. The third kappa shape index (κ3) is 3.91. The van der Waals surface area contributed by atoms with Gasteiger partial charge in [-0.25, -0.2) is 0 Å². The minimum absolute atomic E-state index is 0.0890. The largest absolute Gasteiger partial charge is 0.398 e. The van der Waals surface area contributed by atoms with Crippen LogP contribution >= 0.6 is 11.6 Å². The van der Waals surface area contributed by atoms with Crippen LogP contribution in [0.3, 0.4) is 0 Å². The Kier molecular flexibility index (Phi) is 5.15. The normalized spacial score (nSPS) is 25.9. The van der Waals surface area contributed by atoms with E-state index in [1.54, 1.807) is 18.2 Å². The Morgan fingerprint density at radius 1 is 1.38 bits per heavy atom. The lowest BCUT2D eigenvalue weighted by atomic mass is 9.74. The number of benzene rings is 1. The number of carbonyl (C=O) groups is 1. The molecular formula is C17H25ClN2O. The van der Waals surface area contributed by atoms with Crippen molar-refractivity contribution >= 4 is 23.2 Å². The summed E-state index contributed by atoms with van der Waals surface area (Å²) in [5.41, 5.74) is 6.85. The maximum absolute atomic E-state index is 12.5. The van der Waals surface area contributed by atoms with Crippen molar-refractivity contribution in [2.24, 2.45) is 17.8 Å². The second kappa shape index (κ2) is 6.69. The summed E-state index contributed by atoms with van der Waals surface area (Å²) >= 11 is 5.89. The van der Waals surface area contributed by atoms with E-state index in [0.717, 1.165) is 6.42 Å². The summed E-state index contributed by atoms with van der Waals surface area (Å²) < 4.78 is 0. The van der Waals surface area contributed by atoms with Gasteiger partial charge in [-0.15, -0.1) is 0 Å². The molecule has 3 unspecified atom stereocenters. The topological polar surface area (TPSA) is 55.1 Å². The Bertz CT molecular complexity index is 516. The molecule has 21 heavy (non-hydrogen) atoms. The van der Waals surface area contributed by atoms with Crippen LogP contribution in [-0.2, 0) is 0 Å². The van der Waals surface area contributed by atoms with Gasteiger partial charge in [-0.2, -0.15) is 0 Å². The number of nitrogens with one attached hydrogen (secondary N) is 1. The van der Waals surface area contributed by atoms with Crippen molar-refractivity contribution in [1.29, 1.82) is 0 Å². The molecule has 1 aliphatic carbocycles. The molecular weight excluding hydrogens is 284 g/mol. The Labute approximate surface area is 132 Å². The van der Waals surface area contributed by atoms with Gasteiger partial charge in [0.1, 0.15) is 0 Å². The summed E-state index contributed by atoms with van der Waals surface area (Å²) in [6.45, 7) is 6.72. The molecule has 0 heterocycles. The zero-order valence-electron chi connectivity index (χ0n) is 13.0. The van der Waals surface area contributed by atoms with Crippen molar-refractivity contribution in [2.45, 2.75) is 46.1 Å². The molecule has 0 radical (unpaired) electrons. The summed E-state index contributed by atoms with van der Waals surface area (Å²) in [6.07, 6.45) is 3.47. The number of nitrogens with two attached hydrogens (primary N) is 1. The van der Waals surface area contributed by atoms with Crippen LogP contribution in [0.1, 0.15) is 50.4 Å². The lowest BCUT2D eigenvalue weighted by Gasteiger charge is -2.37. The lowest BCUT2D eigenvalue weighted by molar-refractivity contribution is 0.0869. The third-order valence-corrected chi connectivity index (χ3v) is 4.83. The lowest BCUT2D eigenvalue weighted by Crippen LogP contribution is -2.45. The quantitative estimate of drug-likeness (QED) is 0.826. The van der Waals surface area contributed by atoms with Crippen molar-refractivity contribution in [3.8, 4) is 0 Å². The van der Waals surface area contributed by atoms with Crippen LogP contribution in [0.25, 0.3) is 0 Å². The zero-order valence-corrected chi connectivity index (χ0v) is 13.8. The van der Waals surface area contributed by atoms with E-state index in [0.29, 0.717) is 34.0 Å². The fraction of sp³-hybridized carbons (Fsp3) is 0.588. The molecule has 3 atom stereocenters. The van der Waals surface area contributed by atoms with Crippen LogP contribution < -0.4 is 11.1 Å². The number of hydrogen-bond acceptors (Lipinski definition) is 2. The Balaban J connectivity index is 2.12. The van der Waals surface area contributed by atoms with Crippen LogP contribution in [0.15, 0.2) is 18.2 Å². The summed E-state index contributed by atoms with van der Waals surface area (Å²) in [4.78, 5) is 12.5. The van der Waals surface area contributed by atoms with Crippen molar-refractivity contribution in [2.75, 3.05) is 5.73 Å². The van der Waals surface area contributed by atoms with E-state index >= 15 is 0 Å². The average molecular weight is 309 g/mol. The maximum Gasteiger partial charge on any atom is 0.253 e. The molecule has 0 saturated heterocycles. The maximum atomic E-state index is 12.5. The second-order valence-corrected chi connectivity index (χ2v) is 7.07. The summed E-state index contributed by atoms with van der Waals surface area (Å²) in [5, 5.41) is 3.75. The molecule has 1 amide bonds. The molecule has 1 aliphatic rings. The van der Waals surface area contributed by atoms with E-state index in [2.05, 4.69) is 26.1 Å². The molecule has 0 aromatic heterocycles. The first kappa shape index (κ1) is 16.2. The van der Waals surface area contributed by atoms with Gasteiger partial charge < -0.3 is 11.1 Å². The highest BCUT2D eigenvalue weighted by atomic mass is 35.5. The van der Waals surface area contributed by atoms with Crippen molar-refractivity contribution in [3.63, 3.8) is 0 Å². The van der Waals surface area contributed by atoms with Gasteiger partial charge in [0.05, 0.1) is 5.56 Å². The van der Waals surface area contributed by atoms with Crippen LogP contribution in [-0.4, -0.2) is 11.9 Å². The molecule has 0 aliphatic heterocycles. The van der Waals surface area contributed by atoms with E-state index in [1.165, 1.54) is 12.8 Å². The number of anilines is 1. The van der Waals surface area contributed by atoms with E-state index < -0.39 is 0 Å². The van der Waals surface area contributed by atoms with Gasteiger partial charge in [0.2, 0.25) is 0 Å². The molecule has 4 heteroatoms. The van der Waals surface area contributed by atoms with Crippen LogP contribution in [0.5, 0.6) is 0 Å². The number of carbonyl (C=O) groups excluding carboxylic acids is 1. The monoisotopic (exact) mass is 308 g/mol. The van der Waals surface area contributed by atoms with Gasteiger partial charge in [-0.3, -0.25) is 4.79 Å². The molecule has 3 nitrogen and oxygen atoms in total. The van der Waals surface area contributed by atoms with E-state index in [1.807, 2.05) is 0 Å². The number of nitrogen functional groups attached to an aromatic ring is 1. The molecule has 3 N–H and O–H groups in total. The summed E-state index contributed by atoms with van der Waals surface area (Å²) in [7, 11) is 0. The molecule has 1 aromatic carbocycles. The van der Waals surface area contributed by atoms with Gasteiger partial charge in [-0.05, 0) is 48.8 Å². The molecule has 1 fully saturated rings. The standard InChI is InChI=1S/C17H25ClN2O/c1-10(2)13-6-4-11(3)8-16(13)20-17(21)14-7-5-12(18)9-15(14)19/h5,7,9-11,13,16H,4,6,8,19H2,1-3H3,(H,20,21). The van der Waals surface area contributed by atoms with Gasteiger partial charge in [0.15, 0.2) is 0 Å². The smallest absolute Gasteiger partial charge is 0.253 e. The van der Waals surface area contributed by atoms with Crippen LogP contribution in [0, 0.1) is 17.8 Å². The fourth-order valence-electron chi connectivity index (χ4n) is 3.35. The second-order valence-electron chi connectivity index (χ2n) is 6.64. The predicted octanol–water partition coefficient (Wildman–Crippen LogP) is 4.11. The highest BCUT2D eigenvalue weighted by Crippen LogP contribution is 2.33. The predicted molar refractivity (Wildman–Crippen MR) is 88.5 cm³/mol. The number of hydrogen-bond donors (Lipinski definition) is 2. The van der Waals surface area contributed by atoms with Gasteiger partial charge >= 0.3 is 0 Å². The van der Waals surface area contributed by atoms with Crippen LogP contribution in [0.4, 0.5) is 5.69 Å². The van der Waals surface area contributed by atoms with Gasteiger partial charge in [-0.1, -0.05) is 38.8 Å². The van der Waals surface area contributed by atoms with Crippen molar-refractivity contribution in [3.05, 3.63) is 28.8 Å². The van der Waals surface area contributed by atoms with Gasteiger partial charge in [0.25, 0.3) is 5.91 Å². The molecule has 1 aromatic rings. The first-order chi connectivity index (χ1) is 9.88. The SMILES string of the molecule is CC1CCC(C(C)C)C(NC(=O)c2ccc(Cl)cc2N)C1. The Hall–Kier alpha value is -1.22. The molecule has 1 saturated carbocycles. The van der Waals surface area contributed by atoms with Crippen LogP contribution in [0.2, 0.25) is 5.02 Å². The molecule has 116 valence electrons. The molecule has 0 bridgehead atoms. The third-order valence-electron chi connectivity index (χ3n) is 4.60. The summed E-state index contributed by atoms with van der Waals surface area (Å²) in [5.74, 6) is 1.69. The minimum atomic E-state index is -0.0890. The van der Waals surface area contributed by atoms with Crippen molar-refractivity contribution < 1.29 is 4.79 Å². The number of rotatable bonds is 3. The summed E-state index contributed by atoms with van der Waals surface area (Å²) in [6, 6.07) is 5.26. The zero-order chi connectivity index (χ0) is 15.6. The van der Waals surface area contributed by atoms with Gasteiger partial charge in [0, 0.05) is 16.8 Å². The minimum Gasteiger partial charge on any atom is -0.398 e. The molecule has 2 rings (SSSR count). The fourth-order valence-corrected chi connectivity index (χ4v) is 3.54. The first-order valence-electron chi connectivity index (χ1n) is 7.74. The highest BCUT2D eigenvalue weighted by molar-refractivity contribution is 6.31. The Morgan fingerprint density at radius 3 is 2.71 bits per heavy atom. The number of halogens is 1. The number of amides is 1. The molecule has 0 spiro atoms. The van der Waals surface area contributed by atoms with E-state index in [-0.39, 0.29) is 11.9 Å². The van der Waals surface area contributed by atoms with E-state index in [4.69, 9.17) is 17.3 Å². The van der Waals surface area contributed by atoms with Crippen molar-refractivity contribution in [1.82, 2.24) is 5.32 Å². The average Bonchev–Trinajstić information content (AvgIpc) is 2.37. The highest BCUT2D eigenvalue weighted by Gasteiger charge is 2.32.